The highest BCUT2D eigenvalue weighted by molar-refractivity contribution is 14.0. The summed E-state index contributed by atoms with van der Waals surface area (Å²) in [7, 11) is 1.83. The van der Waals surface area contributed by atoms with Crippen LogP contribution in [0.4, 0.5) is 13.2 Å². The van der Waals surface area contributed by atoms with Gasteiger partial charge in [0.05, 0.1) is 12.0 Å². The van der Waals surface area contributed by atoms with Crippen LogP contribution in [0.3, 0.4) is 0 Å². The van der Waals surface area contributed by atoms with Gasteiger partial charge in [0.1, 0.15) is 0 Å². The number of alkyl halides is 3. The average Bonchev–Trinajstić information content (AvgIpc) is 2.82. The number of guanidine groups is 1. The van der Waals surface area contributed by atoms with E-state index in [-0.39, 0.29) is 43.4 Å². The fourth-order valence-electron chi connectivity index (χ4n) is 1.68. The minimum absolute atomic E-state index is 0. The third-order valence-corrected chi connectivity index (χ3v) is 3.10. The quantitative estimate of drug-likeness (QED) is 0.771. The molecule has 0 saturated heterocycles. The SMILES string of the molecule is CN1CCN=C1NCC1(C(F)(F)F)CC1.I. The highest BCUT2D eigenvalue weighted by Gasteiger charge is 2.63. The highest BCUT2D eigenvalue weighted by Crippen LogP contribution is 2.57. The van der Waals surface area contributed by atoms with Crippen LogP contribution in [0.2, 0.25) is 0 Å². The molecule has 2 rings (SSSR count). The second-order valence-electron chi connectivity index (χ2n) is 4.26. The molecule has 0 amide bonds. The summed E-state index contributed by atoms with van der Waals surface area (Å²) >= 11 is 0. The topological polar surface area (TPSA) is 27.6 Å². The van der Waals surface area contributed by atoms with E-state index in [2.05, 4.69) is 10.3 Å². The zero-order valence-corrected chi connectivity index (χ0v) is 11.3. The predicted molar refractivity (Wildman–Crippen MR) is 66.1 cm³/mol. The van der Waals surface area contributed by atoms with Crippen molar-refractivity contribution in [2.45, 2.75) is 19.0 Å². The van der Waals surface area contributed by atoms with Gasteiger partial charge in [0.25, 0.3) is 0 Å². The van der Waals surface area contributed by atoms with E-state index < -0.39 is 11.6 Å². The Balaban J connectivity index is 0.00000128. The molecule has 0 radical (unpaired) electrons. The number of nitrogens with one attached hydrogen (secondary N) is 1. The first kappa shape index (κ1) is 13.9. The molecule has 0 atom stereocenters. The van der Waals surface area contributed by atoms with Gasteiger partial charge in [-0.05, 0) is 12.8 Å². The smallest absolute Gasteiger partial charge is 0.355 e. The van der Waals surface area contributed by atoms with Crippen molar-refractivity contribution in [1.82, 2.24) is 10.2 Å². The lowest BCUT2D eigenvalue weighted by atomic mass is 10.1. The molecule has 7 heteroatoms. The zero-order valence-electron chi connectivity index (χ0n) is 8.97. The maximum absolute atomic E-state index is 12.6. The van der Waals surface area contributed by atoms with E-state index in [1.165, 1.54) is 0 Å². The lowest BCUT2D eigenvalue weighted by molar-refractivity contribution is -0.184. The Labute approximate surface area is 109 Å². The van der Waals surface area contributed by atoms with Gasteiger partial charge in [0, 0.05) is 20.1 Å². The minimum Gasteiger partial charge on any atom is -0.355 e. The molecule has 1 aliphatic heterocycles. The largest absolute Gasteiger partial charge is 0.396 e. The van der Waals surface area contributed by atoms with Gasteiger partial charge in [0.2, 0.25) is 0 Å². The minimum atomic E-state index is -4.09. The van der Waals surface area contributed by atoms with Gasteiger partial charge in [-0.2, -0.15) is 13.2 Å². The monoisotopic (exact) mass is 349 g/mol. The first-order valence-corrected chi connectivity index (χ1v) is 5.01. The van der Waals surface area contributed by atoms with E-state index in [0.717, 1.165) is 6.54 Å². The van der Waals surface area contributed by atoms with Gasteiger partial charge in [-0.15, -0.1) is 24.0 Å². The van der Waals surface area contributed by atoms with Gasteiger partial charge in [0.15, 0.2) is 5.96 Å². The van der Waals surface area contributed by atoms with Gasteiger partial charge in [-0.3, -0.25) is 4.99 Å². The van der Waals surface area contributed by atoms with Crippen LogP contribution in [-0.2, 0) is 0 Å². The third kappa shape index (κ3) is 2.54. The molecule has 1 aliphatic carbocycles. The van der Waals surface area contributed by atoms with Crippen LogP contribution in [-0.4, -0.2) is 43.7 Å². The molecule has 1 N–H and O–H groups in total. The zero-order chi connectivity index (χ0) is 11.1. The number of hydrogen-bond donors (Lipinski definition) is 1. The van der Waals surface area contributed by atoms with E-state index in [4.69, 9.17) is 0 Å². The summed E-state index contributed by atoms with van der Waals surface area (Å²) in [6.07, 6.45) is -3.61. The van der Waals surface area contributed by atoms with Crippen LogP contribution in [0, 0.1) is 5.41 Å². The molecule has 1 heterocycles. The van der Waals surface area contributed by atoms with Crippen LogP contribution in [0.5, 0.6) is 0 Å². The highest BCUT2D eigenvalue weighted by atomic mass is 127. The molecule has 0 bridgehead atoms. The van der Waals surface area contributed by atoms with Crippen molar-refractivity contribution >= 4 is 29.9 Å². The third-order valence-electron chi connectivity index (χ3n) is 3.10. The molecule has 1 saturated carbocycles. The molecular weight excluding hydrogens is 334 g/mol. The van der Waals surface area contributed by atoms with Gasteiger partial charge in [-0.1, -0.05) is 0 Å². The van der Waals surface area contributed by atoms with Gasteiger partial charge < -0.3 is 10.2 Å². The number of aliphatic imine (C=N–C) groups is 1. The Bertz CT molecular complexity index is 286. The first-order valence-electron chi connectivity index (χ1n) is 5.01. The Kier molecular flexibility index (Phi) is 3.96. The van der Waals surface area contributed by atoms with E-state index >= 15 is 0 Å². The Morgan fingerprint density at radius 1 is 1.44 bits per heavy atom. The molecule has 0 aromatic carbocycles. The van der Waals surface area contributed by atoms with Crippen molar-refractivity contribution in [2.75, 3.05) is 26.7 Å². The molecule has 16 heavy (non-hydrogen) atoms. The maximum atomic E-state index is 12.6. The van der Waals surface area contributed by atoms with Gasteiger partial charge in [-0.25, -0.2) is 0 Å². The molecule has 3 nitrogen and oxygen atoms in total. The average molecular weight is 349 g/mol. The standard InChI is InChI=1S/C9H14F3N3.HI/c1-15-5-4-13-7(15)14-6-8(2-3-8)9(10,11)12;/h2-6H2,1H3,(H,13,14);1H. The van der Waals surface area contributed by atoms with Crippen LogP contribution in [0.1, 0.15) is 12.8 Å². The van der Waals surface area contributed by atoms with E-state index in [0.29, 0.717) is 12.5 Å². The molecule has 0 aromatic heterocycles. The summed E-state index contributed by atoms with van der Waals surface area (Å²) < 4.78 is 37.7. The van der Waals surface area contributed by atoms with Crippen molar-refractivity contribution in [3.05, 3.63) is 0 Å². The van der Waals surface area contributed by atoms with Crippen molar-refractivity contribution < 1.29 is 13.2 Å². The van der Waals surface area contributed by atoms with Crippen molar-refractivity contribution in [1.29, 1.82) is 0 Å². The lowest BCUT2D eigenvalue weighted by Crippen LogP contribution is -2.42. The summed E-state index contributed by atoms with van der Waals surface area (Å²) in [5.41, 5.74) is -1.49. The van der Waals surface area contributed by atoms with Crippen LogP contribution in [0.25, 0.3) is 0 Å². The molecule has 94 valence electrons. The lowest BCUT2D eigenvalue weighted by Gasteiger charge is -2.22. The van der Waals surface area contributed by atoms with Crippen molar-refractivity contribution in [3.8, 4) is 0 Å². The Morgan fingerprint density at radius 3 is 2.44 bits per heavy atom. The summed E-state index contributed by atoms with van der Waals surface area (Å²) in [5, 5.41) is 2.80. The first-order chi connectivity index (χ1) is 6.95. The molecule has 0 aromatic rings. The number of hydrogen-bond acceptors (Lipinski definition) is 3. The Hall–Kier alpha value is -0.210. The second-order valence-corrected chi connectivity index (χ2v) is 4.26. The summed E-state index contributed by atoms with van der Waals surface area (Å²) in [4.78, 5) is 5.93. The number of halogens is 4. The summed E-state index contributed by atoms with van der Waals surface area (Å²) in [6, 6.07) is 0. The molecule has 0 spiro atoms. The number of rotatable bonds is 2. The summed E-state index contributed by atoms with van der Waals surface area (Å²) in [5.74, 6) is 0.588. The van der Waals surface area contributed by atoms with Crippen LogP contribution < -0.4 is 5.32 Å². The normalized spacial score (nSPS) is 22.5. The molecule has 2 aliphatic rings. The Morgan fingerprint density at radius 2 is 2.06 bits per heavy atom. The van der Waals surface area contributed by atoms with E-state index in [1.807, 2.05) is 11.9 Å². The fourth-order valence-corrected chi connectivity index (χ4v) is 1.68. The number of nitrogens with zero attached hydrogens (tertiary/aromatic N) is 2. The second kappa shape index (κ2) is 4.58. The van der Waals surface area contributed by atoms with Gasteiger partial charge >= 0.3 is 6.18 Å². The van der Waals surface area contributed by atoms with E-state index in [9.17, 15) is 13.2 Å². The van der Waals surface area contributed by atoms with Crippen LogP contribution >= 0.6 is 24.0 Å². The van der Waals surface area contributed by atoms with E-state index in [1.54, 1.807) is 0 Å². The van der Waals surface area contributed by atoms with Crippen LogP contribution in [0.15, 0.2) is 4.99 Å². The molecule has 0 unspecified atom stereocenters. The van der Waals surface area contributed by atoms with Crippen molar-refractivity contribution in [2.24, 2.45) is 10.4 Å². The molecular formula is C9H15F3IN3. The fraction of sp³-hybridized carbons (Fsp3) is 0.889. The summed E-state index contributed by atoms with van der Waals surface area (Å²) in [6.45, 7) is 1.40. The van der Waals surface area contributed by atoms with Crippen molar-refractivity contribution in [3.63, 3.8) is 0 Å². The predicted octanol–water partition coefficient (Wildman–Crippen LogP) is 1.84. The molecule has 1 fully saturated rings. The number of likely N-dealkylation sites (N-methyl/N-ethyl adjacent to an activating group) is 1. The maximum Gasteiger partial charge on any atom is 0.396 e.